The Labute approximate surface area is 164 Å². The molecule has 2 aliphatic heterocycles. The highest BCUT2D eigenvalue weighted by atomic mass is 19.1. The molecular weight excluding hydrogens is 365 g/mol. The van der Waals surface area contributed by atoms with Gasteiger partial charge >= 0.3 is 6.09 Å². The summed E-state index contributed by atoms with van der Waals surface area (Å²) in [7, 11) is 0. The summed E-state index contributed by atoms with van der Waals surface area (Å²) in [6, 6.07) is 4.47. The molecule has 154 valence electrons. The van der Waals surface area contributed by atoms with E-state index in [9.17, 15) is 14.0 Å². The Kier molecular flexibility index (Phi) is 7.08. The Morgan fingerprint density at radius 2 is 2.18 bits per heavy atom. The van der Waals surface area contributed by atoms with Gasteiger partial charge in [-0.1, -0.05) is 0 Å². The normalized spacial score (nSPS) is 20.1. The van der Waals surface area contributed by atoms with Gasteiger partial charge in [0.15, 0.2) is 11.6 Å². The number of rotatable bonds is 8. The third-order valence-corrected chi connectivity index (χ3v) is 5.15. The van der Waals surface area contributed by atoms with E-state index in [-0.39, 0.29) is 24.7 Å². The topological polar surface area (TPSA) is 79.9 Å². The minimum absolute atomic E-state index is 0.191. The molecule has 2 N–H and O–H groups in total. The Bertz CT molecular complexity index is 694. The highest BCUT2D eigenvalue weighted by Gasteiger charge is 2.32. The summed E-state index contributed by atoms with van der Waals surface area (Å²) in [6.45, 7) is 4.52. The average Bonchev–Trinajstić information content (AvgIpc) is 3.06. The average molecular weight is 393 g/mol. The molecule has 28 heavy (non-hydrogen) atoms. The Hall–Kier alpha value is -2.35. The summed E-state index contributed by atoms with van der Waals surface area (Å²) < 4.78 is 25.2. The van der Waals surface area contributed by atoms with Crippen LogP contribution in [0, 0.1) is 11.7 Å². The van der Waals surface area contributed by atoms with Crippen LogP contribution in [-0.2, 0) is 9.53 Å². The van der Waals surface area contributed by atoms with Crippen LogP contribution in [0.4, 0.5) is 14.9 Å². The highest BCUT2D eigenvalue weighted by molar-refractivity contribution is 5.89. The number of carbonyl (C=O) groups excluding carboxylic acids is 2. The largest absolute Gasteiger partial charge is 0.491 e. The van der Waals surface area contributed by atoms with Crippen LogP contribution in [-0.4, -0.2) is 50.9 Å². The van der Waals surface area contributed by atoms with Crippen LogP contribution in [0.5, 0.6) is 5.75 Å². The first kappa shape index (κ1) is 20.4. The van der Waals surface area contributed by atoms with Crippen LogP contribution in [0.1, 0.15) is 32.6 Å². The summed E-state index contributed by atoms with van der Waals surface area (Å²) in [5.41, 5.74) is 0.412. The van der Waals surface area contributed by atoms with E-state index in [0.29, 0.717) is 12.3 Å². The van der Waals surface area contributed by atoms with Gasteiger partial charge in [0.1, 0.15) is 6.10 Å². The molecule has 0 unspecified atom stereocenters. The van der Waals surface area contributed by atoms with Gasteiger partial charge < -0.3 is 20.1 Å². The SMILES string of the molecule is CC(=O)NC[C@H]1CN(c2ccc(OCCCC3CCNCC3)c(F)c2)C(=O)O1. The van der Waals surface area contributed by atoms with Crippen molar-refractivity contribution in [2.45, 2.75) is 38.7 Å². The number of piperidine rings is 1. The Morgan fingerprint density at radius 3 is 2.89 bits per heavy atom. The van der Waals surface area contributed by atoms with Crippen LogP contribution in [0.25, 0.3) is 0 Å². The predicted octanol–water partition coefficient (Wildman–Crippen LogP) is 2.45. The second-order valence-electron chi connectivity index (χ2n) is 7.35. The first-order valence-corrected chi connectivity index (χ1v) is 9.88. The lowest BCUT2D eigenvalue weighted by atomic mass is 9.93. The Balaban J connectivity index is 1.48. The molecule has 0 bridgehead atoms. The van der Waals surface area contributed by atoms with Crippen molar-refractivity contribution in [3.8, 4) is 5.75 Å². The van der Waals surface area contributed by atoms with Crippen molar-refractivity contribution in [2.24, 2.45) is 5.92 Å². The molecule has 7 nitrogen and oxygen atoms in total. The minimum Gasteiger partial charge on any atom is -0.491 e. The van der Waals surface area contributed by atoms with Gasteiger partial charge in [0.05, 0.1) is 25.4 Å². The first-order valence-electron chi connectivity index (χ1n) is 9.88. The second kappa shape index (κ2) is 9.73. The number of halogens is 1. The third-order valence-electron chi connectivity index (χ3n) is 5.15. The van der Waals surface area contributed by atoms with E-state index in [1.807, 2.05) is 0 Å². The van der Waals surface area contributed by atoms with E-state index in [1.54, 1.807) is 12.1 Å². The number of hydrogen-bond donors (Lipinski definition) is 2. The van der Waals surface area contributed by atoms with E-state index < -0.39 is 18.0 Å². The molecule has 0 saturated carbocycles. The Morgan fingerprint density at radius 1 is 1.39 bits per heavy atom. The molecule has 1 aromatic carbocycles. The zero-order valence-corrected chi connectivity index (χ0v) is 16.2. The smallest absolute Gasteiger partial charge is 0.414 e. The molecule has 8 heteroatoms. The molecule has 2 aliphatic rings. The fourth-order valence-corrected chi connectivity index (χ4v) is 3.60. The van der Waals surface area contributed by atoms with Crippen LogP contribution in [0.3, 0.4) is 0 Å². The summed E-state index contributed by atoms with van der Waals surface area (Å²) in [5.74, 6) is 0.222. The number of nitrogens with one attached hydrogen (secondary N) is 2. The number of carbonyl (C=O) groups is 2. The zero-order valence-electron chi connectivity index (χ0n) is 16.2. The maximum absolute atomic E-state index is 14.4. The van der Waals surface area contributed by atoms with Gasteiger partial charge in [-0.15, -0.1) is 0 Å². The third kappa shape index (κ3) is 5.58. The summed E-state index contributed by atoms with van der Waals surface area (Å²) in [6.07, 6.45) is 3.37. The lowest BCUT2D eigenvalue weighted by Crippen LogP contribution is -2.33. The van der Waals surface area contributed by atoms with Crippen molar-refractivity contribution in [1.82, 2.24) is 10.6 Å². The van der Waals surface area contributed by atoms with Crippen molar-refractivity contribution >= 4 is 17.7 Å². The molecule has 0 aliphatic carbocycles. The molecule has 2 fully saturated rings. The lowest BCUT2D eigenvalue weighted by Gasteiger charge is -2.22. The summed E-state index contributed by atoms with van der Waals surface area (Å²) in [4.78, 5) is 24.4. The molecule has 0 radical (unpaired) electrons. The van der Waals surface area contributed by atoms with Crippen LogP contribution >= 0.6 is 0 Å². The van der Waals surface area contributed by atoms with Crippen molar-refractivity contribution < 1.29 is 23.5 Å². The monoisotopic (exact) mass is 393 g/mol. The van der Waals surface area contributed by atoms with Gasteiger partial charge in [0.2, 0.25) is 5.91 Å². The van der Waals surface area contributed by atoms with Gasteiger partial charge in [0.25, 0.3) is 0 Å². The quantitative estimate of drug-likeness (QED) is 0.663. The van der Waals surface area contributed by atoms with E-state index in [1.165, 1.54) is 30.7 Å². The van der Waals surface area contributed by atoms with Gasteiger partial charge in [0, 0.05) is 13.0 Å². The maximum atomic E-state index is 14.4. The van der Waals surface area contributed by atoms with E-state index in [4.69, 9.17) is 9.47 Å². The van der Waals surface area contributed by atoms with E-state index in [0.717, 1.165) is 31.8 Å². The fraction of sp³-hybridized carbons (Fsp3) is 0.600. The van der Waals surface area contributed by atoms with Gasteiger partial charge in [-0.05, 0) is 56.8 Å². The second-order valence-corrected chi connectivity index (χ2v) is 7.35. The van der Waals surface area contributed by atoms with E-state index in [2.05, 4.69) is 10.6 Å². The molecule has 2 heterocycles. The molecule has 3 rings (SSSR count). The summed E-state index contributed by atoms with van der Waals surface area (Å²) in [5, 5.41) is 5.96. The van der Waals surface area contributed by atoms with Gasteiger partial charge in [-0.3, -0.25) is 9.69 Å². The van der Waals surface area contributed by atoms with Crippen LogP contribution < -0.4 is 20.3 Å². The van der Waals surface area contributed by atoms with Crippen molar-refractivity contribution in [3.05, 3.63) is 24.0 Å². The highest BCUT2D eigenvalue weighted by Crippen LogP contribution is 2.27. The maximum Gasteiger partial charge on any atom is 0.414 e. The van der Waals surface area contributed by atoms with Gasteiger partial charge in [-0.2, -0.15) is 0 Å². The molecule has 0 spiro atoms. The van der Waals surface area contributed by atoms with E-state index >= 15 is 0 Å². The lowest BCUT2D eigenvalue weighted by molar-refractivity contribution is -0.119. The number of ether oxygens (including phenoxy) is 2. The molecule has 2 saturated heterocycles. The minimum atomic E-state index is -0.551. The molecule has 0 aromatic heterocycles. The predicted molar refractivity (Wildman–Crippen MR) is 103 cm³/mol. The van der Waals surface area contributed by atoms with Crippen molar-refractivity contribution in [3.63, 3.8) is 0 Å². The van der Waals surface area contributed by atoms with Crippen molar-refractivity contribution in [2.75, 3.05) is 37.7 Å². The fourth-order valence-electron chi connectivity index (χ4n) is 3.60. The van der Waals surface area contributed by atoms with Gasteiger partial charge in [-0.25, -0.2) is 9.18 Å². The number of anilines is 1. The van der Waals surface area contributed by atoms with Crippen molar-refractivity contribution in [1.29, 1.82) is 0 Å². The number of cyclic esters (lactones) is 1. The zero-order chi connectivity index (χ0) is 19.9. The first-order chi connectivity index (χ1) is 13.5. The molecular formula is C20H28FN3O4. The number of benzene rings is 1. The summed E-state index contributed by atoms with van der Waals surface area (Å²) >= 11 is 0. The number of nitrogens with zero attached hydrogens (tertiary/aromatic N) is 1. The molecule has 1 aromatic rings. The van der Waals surface area contributed by atoms with Crippen LogP contribution in [0.15, 0.2) is 18.2 Å². The standard InChI is InChI=1S/C20H28FN3O4/c1-14(25)23-12-17-13-24(20(26)28-17)16-4-5-19(18(21)11-16)27-10-2-3-15-6-8-22-9-7-15/h4-5,11,15,17,22H,2-3,6-10,12-13H2,1H3,(H,23,25)/t17-/m0/s1. The number of hydrogen-bond acceptors (Lipinski definition) is 5. The molecule has 1 atom stereocenters. The number of amides is 2. The molecule has 2 amide bonds. The van der Waals surface area contributed by atoms with Crippen LogP contribution in [0.2, 0.25) is 0 Å².